The van der Waals surface area contributed by atoms with Crippen LogP contribution in [0.5, 0.6) is 0 Å². The molecule has 1 N–H and O–H groups in total. The average Bonchev–Trinajstić information content (AvgIpc) is 3.62. The van der Waals surface area contributed by atoms with Crippen molar-refractivity contribution >= 4 is 11.0 Å². The third-order valence-electron chi connectivity index (χ3n) is 7.31. The number of benzene rings is 2. The van der Waals surface area contributed by atoms with Crippen molar-refractivity contribution in [2.45, 2.75) is 50.3 Å². The van der Waals surface area contributed by atoms with Crippen LogP contribution in [0.4, 0.5) is 4.39 Å². The van der Waals surface area contributed by atoms with Crippen LogP contribution in [-0.4, -0.2) is 48.0 Å². The van der Waals surface area contributed by atoms with Crippen molar-refractivity contribution in [1.82, 2.24) is 24.2 Å². The quantitative estimate of drug-likeness (QED) is 0.463. The Morgan fingerprint density at radius 1 is 1.03 bits per heavy atom. The Bertz CT molecular complexity index is 1400. The lowest BCUT2D eigenvalue weighted by Gasteiger charge is -2.38. The van der Waals surface area contributed by atoms with E-state index in [0.717, 1.165) is 25.6 Å². The lowest BCUT2D eigenvalue weighted by Crippen LogP contribution is -2.47. The maximum atomic E-state index is 13.3. The predicted octanol–water partition coefficient (Wildman–Crippen LogP) is 3.63. The van der Waals surface area contributed by atoms with Gasteiger partial charge in [0.2, 0.25) is 0 Å². The molecular weight excluding hydrogens is 445 g/mol. The van der Waals surface area contributed by atoms with Crippen molar-refractivity contribution in [1.29, 1.82) is 0 Å². The molecule has 1 saturated carbocycles. The fourth-order valence-electron chi connectivity index (χ4n) is 5.01. The molecule has 0 bridgehead atoms. The Balaban J connectivity index is 1.13. The number of nitrogens with zero attached hydrogens (tertiary/aromatic N) is 5. The summed E-state index contributed by atoms with van der Waals surface area (Å²) in [5.41, 5.74) is 2.57. The Kier molecular flexibility index (Phi) is 5.50. The van der Waals surface area contributed by atoms with Gasteiger partial charge in [-0.1, -0.05) is 24.3 Å². The number of hydrogen-bond acceptors (Lipinski definition) is 5. The summed E-state index contributed by atoms with van der Waals surface area (Å²) in [5.74, 6) is 0.426. The fraction of sp³-hybridized carbons (Fsp3) is 0.370. The lowest BCUT2D eigenvalue weighted by atomic mass is 9.91. The Hall–Kier alpha value is -3.36. The third-order valence-corrected chi connectivity index (χ3v) is 7.31. The first-order chi connectivity index (χ1) is 17.0. The van der Waals surface area contributed by atoms with E-state index < -0.39 is 5.60 Å². The van der Waals surface area contributed by atoms with Crippen LogP contribution in [0.25, 0.3) is 16.7 Å². The molecule has 7 nitrogen and oxygen atoms in total. The normalized spacial score (nSPS) is 18.2. The summed E-state index contributed by atoms with van der Waals surface area (Å²) in [6.07, 6.45) is 6.75. The zero-order valence-corrected chi connectivity index (χ0v) is 19.5. The van der Waals surface area contributed by atoms with E-state index in [1.807, 2.05) is 0 Å². The van der Waals surface area contributed by atoms with Gasteiger partial charge in [0.15, 0.2) is 5.65 Å². The molecule has 0 atom stereocenters. The van der Waals surface area contributed by atoms with Gasteiger partial charge in [-0.2, -0.15) is 5.10 Å². The van der Waals surface area contributed by atoms with E-state index in [-0.39, 0.29) is 17.9 Å². The molecule has 2 aromatic heterocycles. The first-order valence-corrected chi connectivity index (χ1v) is 12.2. The molecule has 0 spiro atoms. The van der Waals surface area contributed by atoms with E-state index in [9.17, 15) is 14.3 Å². The minimum Gasteiger partial charge on any atom is -0.388 e. The number of hydrogen-bond donors (Lipinski definition) is 1. The molecule has 2 fully saturated rings. The van der Waals surface area contributed by atoms with Gasteiger partial charge in [-0.25, -0.2) is 14.1 Å². The summed E-state index contributed by atoms with van der Waals surface area (Å²) in [5, 5.41) is 15.9. The van der Waals surface area contributed by atoms with E-state index in [1.54, 1.807) is 12.1 Å². The highest BCUT2D eigenvalue weighted by Gasteiger charge is 2.33. The van der Waals surface area contributed by atoms with Gasteiger partial charge >= 0.3 is 0 Å². The van der Waals surface area contributed by atoms with Crippen molar-refractivity contribution in [3.8, 4) is 5.69 Å². The largest absolute Gasteiger partial charge is 0.388 e. The van der Waals surface area contributed by atoms with E-state index in [1.165, 1.54) is 57.9 Å². The summed E-state index contributed by atoms with van der Waals surface area (Å²) < 4.78 is 16.3. The molecule has 1 aliphatic heterocycles. The predicted molar refractivity (Wildman–Crippen MR) is 131 cm³/mol. The van der Waals surface area contributed by atoms with Crippen molar-refractivity contribution in [2.75, 3.05) is 13.1 Å². The van der Waals surface area contributed by atoms with Crippen LogP contribution in [0.1, 0.15) is 42.7 Å². The number of aromatic nitrogens is 4. The van der Waals surface area contributed by atoms with Crippen LogP contribution in [-0.2, 0) is 13.1 Å². The maximum Gasteiger partial charge on any atom is 0.264 e. The van der Waals surface area contributed by atoms with Crippen LogP contribution in [0.15, 0.2) is 65.8 Å². The molecule has 8 heteroatoms. The van der Waals surface area contributed by atoms with Gasteiger partial charge in [-0.05, 0) is 67.0 Å². The molecule has 35 heavy (non-hydrogen) atoms. The highest BCUT2D eigenvalue weighted by molar-refractivity contribution is 5.74. The Labute approximate surface area is 202 Å². The molecule has 4 aromatic rings. The van der Waals surface area contributed by atoms with Crippen molar-refractivity contribution in [3.05, 3.63) is 88.4 Å². The number of likely N-dealkylation sites (tertiary alicyclic amines) is 1. The van der Waals surface area contributed by atoms with Gasteiger partial charge in [0.1, 0.15) is 17.5 Å². The van der Waals surface area contributed by atoms with Gasteiger partial charge in [0.05, 0.1) is 24.0 Å². The van der Waals surface area contributed by atoms with E-state index in [4.69, 9.17) is 0 Å². The number of aliphatic hydroxyl groups is 1. The topological polar surface area (TPSA) is 76.2 Å². The maximum absolute atomic E-state index is 13.3. The highest BCUT2D eigenvalue weighted by atomic mass is 19.1. The number of halogens is 1. The molecule has 2 aromatic carbocycles. The second-order valence-electron chi connectivity index (χ2n) is 9.96. The molecule has 6 rings (SSSR count). The molecule has 0 radical (unpaired) electrons. The summed E-state index contributed by atoms with van der Waals surface area (Å²) >= 11 is 0. The molecule has 1 saturated heterocycles. The zero-order chi connectivity index (χ0) is 24.0. The van der Waals surface area contributed by atoms with Crippen LogP contribution < -0.4 is 5.56 Å². The molecule has 0 unspecified atom stereocenters. The fourth-order valence-corrected chi connectivity index (χ4v) is 5.01. The highest BCUT2D eigenvalue weighted by Crippen LogP contribution is 2.40. The second-order valence-corrected chi connectivity index (χ2v) is 9.96. The standard InChI is InChI=1S/C27H28FN5O2/c28-22-7-9-23(10-8-22)33-25-24(15-30-33)26(34)32(18-29-25)17-27(35)11-13-31(14-12-27)16-19-1-3-20(4-2-19)21-5-6-21/h1-4,7-10,15,18,21,35H,5-6,11-14,16-17H2. The SMILES string of the molecule is O=c1c2cnn(-c3ccc(F)cc3)c2ncn1CC1(O)CCN(Cc2ccc(C3CC3)cc2)CC1. The molecular formula is C27H28FN5O2. The summed E-state index contributed by atoms with van der Waals surface area (Å²) in [4.78, 5) is 19.9. The van der Waals surface area contributed by atoms with Gasteiger partial charge in [-0.3, -0.25) is 14.3 Å². The Morgan fingerprint density at radius 2 is 1.74 bits per heavy atom. The van der Waals surface area contributed by atoms with Crippen LogP contribution >= 0.6 is 0 Å². The van der Waals surface area contributed by atoms with Gasteiger partial charge in [0.25, 0.3) is 5.56 Å². The van der Waals surface area contributed by atoms with E-state index >= 15 is 0 Å². The van der Waals surface area contributed by atoms with E-state index in [0.29, 0.717) is 29.6 Å². The smallest absolute Gasteiger partial charge is 0.264 e. The molecule has 0 amide bonds. The lowest BCUT2D eigenvalue weighted by molar-refractivity contribution is -0.0364. The van der Waals surface area contributed by atoms with Crippen molar-refractivity contribution in [3.63, 3.8) is 0 Å². The van der Waals surface area contributed by atoms with Gasteiger partial charge in [0, 0.05) is 19.6 Å². The first-order valence-electron chi connectivity index (χ1n) is 12.2. The molecule has 180 valence electrons. The van der Waals surface area contributed by atoms with E-state index in [2.05, 4.69) is 39.2 Å². The van der Waals surface area contributed by atoms with Crippen molar-refractivity contribution < 1.29 is 9.50 Å². The zero-order valence-electron chi connectivity index (χ0n) is 19.5. The first kappa shape index (κ1) is 22.1. The van der Waals surface area contributed by atoms with Crippen LogP contribution in [0, 0.1) is 5.82 Å². The van der Waals surface area contributed by atoms with Gasteiger partial charge in [-0.15, -0.1) is 0 Å². The monoisotopic (exact) mass is 473 g/mol. The molecule has 3 heterocycles. The number of rotatable bonds is 6. The summed E-state index contributed by atoms with van der Waals surface area (Å²) in [6.45, 7) is 2.61. The molecule has 1 aliphatic carbocycles. The number of piperidine rings is 1. The van der Waals surface area contributed by atoms with Crippen LogP contribution in [0.2, 0.25) is 0 Å². The minimum atomic E-state index is -0.960. The molecule has 2 aliphatic rings. The summed E-state index contributed by atoms with van der Waals surface area (Å²) in [7, 11) is 0. The summed E-state index contributed by atoms with van der Waals surface area (Å²) in [6, 6.07) is 14.8. The average molecular weight is 474 g/mol. The van der Waals surface area contributed by atoms with Crippen LogP contribution in [0.3, 0.4) is 0 Å². The Morgan fingerprint density at radius 3 is 2.43 bits per heavy atom. The van der Waals surface area contributed by atoms with Gasteiger partial charge < -0.3 is 5.11 Å². The van der Waals surface area contributed by atoms with Crippen molar-refractivity contribution in [2.24, 2.45) is 0 Å². The third kappa shape index (κ3) is 4.51. The number of fused-ring (bicyclic) bond motifs is 1. The second kappa shape index (κ2) is 8.70. The minimum absolute atomic E-state index is 0.195.